The highest BCUT2D eigenvalue weighted by Crippen LogP contribution is 2.16. The van der Waals surface area contributed by atoms with Gasteiger partial charge in [0.25, 0.3) is 0 Å². The summed E-state index contributed by atoms with van der Waals surface area (Å²) in [7, 11) is 0. The van der Waals surface area contributed by atoms with Gasteiger partial charge in [-0.1, -0.05) is 0 Å². The van der Waals surface area contributed by atoms with Gasteiger partial charge in [0.1, 0.15) is 0 Å². The predicted octanol–water partition coefficient (Wildman–Crippen LogP) is 0.631. The van der Waals surface area contributed by atoms with Gasteiger partial charge >= 0.3 is 23.9 Å². The number of ether oxygens (including phenoxy) is 4. The topological polar surface area (TPSA) is 105 Å². The van der Waals surface area contributed by atoms with Crippen LogP contribution < -0.4 is 0 Å². The van der Waals surface area contributed by atoms with E-state index in [0.717, 1.165) is 0 Å². The van der Waals surface area contributed by atoms with E-state index < -0.39 is 36.1 Å². The minimum absolute atomic E-state index is 0.187. The van der Waals surface area contributed by atoms with Crippen LogP contribution in [0.4, 0.5) is 0 Å². The first-order valence-electron chi connectivity index (χ1n) is 7.40. The van der Waals surface area contributed by atoms with Crippen LogP contribution >= 0.6 is 0 Å². The zero-order valence-electron chi connectivity index (χ0n) is 12.6. The second-order valence-corrected chi connectivity index (χ2v) is 5.28. The number of hydrogen-bond donors (Lipinski definition) is 0. The summed E-state index contributed by atoms with van der Waals surface area (Å²) >= 11 is 0. The molecule has 0 radical (unpaired) electrons. The fourth-order valence-electron chi connectivity index (χ4n) is 2.31. The number of benzene rings is 1. The molecule has 2 heterocycles. The Morgan fingerprint density at radius 3 is 1.46 bits per heavy atom. The maximum atomic E-state index is 11.9. The second-order valence-electron chi connectivity index (χ2n) is 5.28. The molecule has 126 valence electrons. The Morgan fingerprint density at radius 2 is 1.17 bits per heavy atom. The summed E-state index contributed by atoms with van der Waals surface area (Å²) in [6, 6.07) is 5.52. The molecule has 0 aromatic heterocycles. The van der Waals surface area contributed by atoms with Gasteiger partial charge in [-0.25, -0.2) is 19.2 Å². The lowest BCUT2D eigenvalue weighted by Crippen LogP contribution is -2.23. The summed E-state index contributed by atoms with van der Waals surface area (Å²) < 4.78 is 19.5. The molecule has 0 saturated carbocycles. The molecule has 2 atom stereocenters. The molecule has 3 rings (SSSR count). The first-order chi connectivity index (χ1) is 11.5. The standard InChI is InChI=1S/C16H14O8/c17-13(23-11-5-7-21-15(11)19)9-1-2-10(4-3-9)14(18)24-12-6-8-22-16(12)20/h1-4,11-12H,5-8H2/t11-,12-/m0/s1. The molecule has 0 unspecified atom stereocenters. The largest absolute Gasteiger partial charge is 0.463 e. The fraction of sp³-hybridized carbons (Fsp3) is 0.375. The number of carbonyl (C=O) groups excluding carboxylic acids is 4. The van der Waals surface area contributed by atoms with Crippen LogP contribution in [0.2, 0.25) is 0 Å². The molecular formula is C16H14O8. The van der Waals surface area contributed by atoms with Crippen LogP contribution in [0, 0.1) is 0 Å². The molecule has 0 aliphatic carbocycles. The summed E-state index contributed by atoms with van der Waals surface area (Å²) in [6.07, 6.45) is -1.13. The van der Waals surface area contributed by atoms with Crippen molar-refractivity contribution in [2.45, 2.75) is 25.0 Å². The summed E-state index contributed by atoms with van der Waals surface area (Å²) in [4.78, 5) is 46.4. The highest BCUT2D eigenvalue weighted by molar-refractivity contribution is 5.95. The van der Waals surface area contributed by atoms with Crippen molar-refractivity contribution in [2.75, 3.05) is 13.2 Å². The van der Waals surface area contributed by atoms with Crippen LogP contribution in [0.3, 0.4) is 0 Å². The first kappa shape index (κ1) is 16.0. The lowest BCUT2D eigenvalue weighted by molar-refractivity contribution is -0.145. The monoisotopic (exact) mass is 334 g/mol. The van der Waals surface area contributed by atoms with Gasteiger partial charge in [-0.2, -0.15) is 0 Å². The maximum Gasteiger partial charge on any atom is 0.347 e. The molecule has 0 N–H and O–H groups in total. The quantitative estimate of drug-likeness (QED) is 0.583. The van der Waals surface area contributed by atoms with Crippen molar-refractivity contribution in [2.24, 2.45) is 0 Å². The Morgan fingerprint density at radius 1 is 0.792 bits per heavy atom. The van der Waals surface area contributed by atoms with E-state index in [1.54, 1.807) is 0 Å². The van der Waals surface area contributed by atoms with E-state index in [4.69, 9.17) is 18.9 Å². The summed E-state index contributed by atoms with van der Waals surface area (Å²) in [5, 5.41) is 0. The van der Waals surface area contributed by atoms with E-state index in [9.17, 15) is 19.2 Å². The van der Waals surface area contributed by atoms with Crippen LogP contribution in [0.1, 0.15) is 33.6 Å². The Labute approximate surface area is 136 Å². The normalized spacial score (nSPS) is 22.7. The molecule has 2 saturated heterocycles. The van der Waals surface area contributed by atoms with Crippen molar-refractivity contribution in [1.82, 2.24) is 0 Å². The van der Waals surface area contributed by atoms with Gasteiger partial charge in [-0.05, 0) is 24.3 Å². The molecule has 24 heavy (non-hydrogen) atoms. The molecule has 0 amide bonds. The average Bonchev–Trinajstić information content (AvgIpc) is 3.16. The van der Waals surface area contributed by atoms with Crippen molar-refractivity contribution in [3.63, 3.8) is 0 Å². The summed E-state index contributed by atoms with van der Waals surface area (Å²) in [6.45, 7) is 0.455. The van der Waals surface area contributed by atoms with E-state index in [0.29, 0.717) is 12.8 Å². The van der Waals surface area contributed by atoms with E-state index in [-0.39, 0.29) is 24.3 Å². The molecule has 0 bridgehead atoms. The van der Waals surface area contributed by atoms with Crippen LogP contribution in [-0.2, 0) is 28.5 Å². The smallest absolute Gasteiger partial charge is 0.347 e. The van der Waals surface area contributed by atoms with Crippen molar-refractivity contribution < 1.29 is 38.1 Å². The molecule has 0 spiro atoms. The zero-order valence-corrected chi connectivity index (χ0v) is 12.6. The lowest BCUT2D eigenvalue weighted by atomic mass is 10.1. The van der Waals surface area contributed by atoms with Gasteiger partial charge in [0, 0.05) is 12.8 Å². The SMILES string of the molecule is O=C(O[C@H]1CCOC1=O)c1ccc(C(=O)O[C@H]2CCOC2=O)cc1. The second kappa shape index (κ2) is 6.69. The molecule has 2 aliphatic heterocycles. The van der Waals surface area contributed by atoms with Gasteiger partial charge in [-0.3, -0.25) is 0 Å². The van der Waals surface area contributed by atoms with E-state index in [2.05, 4.69) is 0 Å². The minimum atomic E-state index is -0.893. The maximum absolute atomic E-state index is 11.9. The number of rotatable bonds is 4. The van der Waals surface area contributed by atoms with Crippen molar-refractivity contribution >= 4 is 23.9 Å². The molecule has 1 aromatic carbocycles. The van der Waals surface area contributed by atoms with E-state index in [1.165, 1.54) is 24.3 Å². The van der Waals surface area contributed by atoms with Gasteiger partial charge in [0.2, 0.25) is 12.2 Å². The van der Waals surface area contributed by atoms with Gasteiger partial charge in [0.05, 0.1) is 24.3 Å². The molecule has 8 heteroatoms. The summed E-state index contributed by atoms with van der Waals surface area (Å²) in [5.74, 6) is -2.49. The third-order valence-electron chi connectivity index (χ3n) is 3.63. The van der Waals surface area contributed by atoms with E-state index in [1.807, 2.05) is 0 Å². The third kappa shape index (κ3) is 3.37. The van der Waals surface area contributed by atoms with Crippen molar-refractivity contribution in [3.8, 4) is 0 Å². The van der Waals surface area contributed by atoms with Crippen LogP contribution in [0.25, 0.3) is 0 Å². The van der Waals surface area contributed by atoms with Crippen molar-refractivity contribution in [1.29, 1.82) is 0 Å². The number of esters is 4. The summed E-state index contributed by atoms with van der Waals surface area (Å²) in [5.41, 5.74) is 0.373. The van der Waals surface area contributed by atoms with Crippen molar-refractivity contribution in [3.05, 3.63) is 35.4 Å². The van der Waals surface area contributed by atoms with Crippen LogP contribution in [0.5, 0.6) is 0 Å². The van der Waals surface area contributed by atoms with Crippen LogP contribution in [-0.4, -0.2) is 49.3 Å². The van der Waals surface area contributed by atoms with E-state index >= 15 is 0 Å². The third-order valence-corrected chi connectivity index (χ3v) is 3.63. The highest BCUT2D eigenvalue weighted by Gasteiger charge is 2.31. The Kier molecular flexibility index (Phi) is 4.45. The number of hydrogen-bond acceptors (Lipinski definition) is 8. The minimum Gasteiger partial charge on any atom is -0.463 e. The Hall–Kier alpha value is -2.90. The van der Waals surface area contributed by atoms with Gasteiger partial charge in [0.15, 0.2) is 0 Å². The highest BCUT2D eigenvalue weighted by atomic mass is 16.6. The lowest BCUT2D eigenvalue weighted by Gasteiger charge is -2.10. The fourth-order valence-corrected chi connectivity index (χ4v) is 2.31. The molecule has 2 fully saturated rings. The first-order valence-corrected chi connectivity index (χ1v) is 7.40. The number of carbonyl (C=O) groups is 4. The predicted molar refractivity (Wildman–Crippen MR) is 76.0 cm³/mol. The van der Waals surface area contributed by atoms with Gasteiger partial charge < -0.3 is 18.9 Å². The average molecular weight is 334 g/mol. The Bertz CT molecular complexity index is 619. The van der Waals surface area contributed by atoms with Gasteiger partial charge in [-0.15, -0.1) is 0 Å². The zero-order chi connectivity index (χ0) is 17.1. The van der Waals surface area contributed by atoms with Crippen LogP contribution in [0.15, 0.2) is 24.3 Å². The molecule has 2 aliphatic rings. The molecule has 8 nitrogen and oxygen atoms in total. The number of cyclic esters (lactones) is 2. The molecular weight excluding hydrogens is 320 g/mol. The Balaban J connectivity index is 1.60. The molecule has 1 aromatic rings.